The van der Waals surface area contributed by atoms with Crippen LogP contribution in [0.1, 0.15) is 17.5 Å². The first-order valence-electron chi connectivity index (χ1n) is 8.56. The van der Waals surface area contributed by atoms with E-state index in [9.17, 15) is 14.7 Å². The van der Waals surface area contributed by atoms with Gasteiger partial charge in [-0.1, -0.05) is 36.4 Å². The molecule has 2 N–H and O–H groups in total. The minimum absolute atomic E-state index is 0.0786. The molecule has 0 radical (unpaired) electrons. The van der Waals surface area contributed by atoms with Crippen molar-refractivity contribution in [3.8, 4) is 11.5 Å². The van der Waals surface area contributed by atoms with Crippen molar-refractivity contribution in [3.05, 3.63) is 59.7 Å². The van der Waals surface area contributed by atoms with Crippen molar-refractivity contribution in [2.75, 3.05) is 13.2 Å². The van der Waals surface area contributed by atoms with Gasteiger partial charge in [0.15, 0.2) is 11.5 Å². The third-order valence-corrected chi connectivity index (χ3v) is 4.09. The maximum atomic E-state index is 12.3. The number of benzene rings is 2. The lowest BCUT2D eigenvalue weighted by Crippen LogP contribution is -2.43. The molecule has 2 aromatic carbocycles. The van der Waals surface area contributed by atoms with E-state index in [0.29, 0.717) is 24.7 Å². The van der Waals surface area contributed by atoms with Crippen LogP contribution in [0.3, 0.4) is 0 Å². The first-order chi connectivity index (χ1) is 12.6. The Morgan fingerprint density at radius 2 is 1.73 bits per heavy atom. The van der Waals surface area contributed by atoms with Gasteiger partial charge in [-0.2, -0.15) is 0 Å². The smallest absolute Gasteiger partial charge is 0.326 e. The minimum atomic E-state index is -1.05. The highest BCUT2D eigenvalue weighted by molar-refractivity contribution is 5.85. The van der Waals surface area contributed by atoms with E-state index in [1.54, 1.807) is 18.2 Å². The molecule has 6 nitrogen and oxygen atoms in total. The number of aliphatic carboxylic acids is 1. The second kappa shape index (κ2) is 8.38. The molecule has 0 saturated heterocycles. The van der Waals surface area contributed by atoms with Gasteiger partial charge >= 0.3 is 5.97 Å². The summed E-state index contributed by atoms with van der Waals surface area (Å²) in [4.78, 5) is 23.8. The topological polar surface area (TPSA) is 84.9 Å². The largest absolute Gasteiger partial charge is 0.490 e. The summed E-state index contributed by atoms with van der Waals surface area (Å²) in [6, 6.07) is 13.6. The van der Waals surface area contributed by atoms with E-state index in [1.807, 2.05) is 30.3 Å². The van der Waals surface area contributed by atoms with Crippen LogP contribution in [0.2, 0.25) is 0 Å². The molecular weight excluding hydrogens is 334 g/mol. The number of amides is 1. The summed E-state index contributed by atoms with van der Waals surface area (Å²) in [6.07, 6.45) is 1.13. The highest BCUT2D eigenvalue weighted by atomic mass is 16.5. The first-order valence-corrected chi connectivity index (χ1v) is 8.56. The third kappa shape index (κ3) is 4.75. The number of carboxylic acid groups (broad SMARTS) is 1. The molecule has 0 saturated carbocycles. The molecule has 2 aromatic rings. The fourth-order valence-corrected chi connectivity index (χ4v) is 2.80. The van der Waals surface area contributed by atoms with Crippen LogP contribution in [0.4, 0.5) is 0 Å². The second-order valence-corrected chi connectivity index (χ2v) is 6.16. The van der Waals surface area contributed by atoms with Crippen LogP contribution in [0.5, 0.6) is 11.5 Å². The summed E-state index contributed by atoms with van der Waals surface area (Å²) in [5.74, 6) is -0.116. The van der Waals surface area contributed by atoms with Crippen molar-refractivity contribution in [3.63, 3.8) is 0 Å². The average molecular weight is 355 g/mol. The molecule has 136 valence electrons. The molecule has 6 heteroatoms. The molecule has 1 aliphatic heterocycles. The van der Waals surface area contributed by atoms with Gasteiger partial charge in [-0.15, -0.1) is 0 Å². The molecule has 0 aliphatic carbocycles. The van der Waals surface area contributed by atoms with Crippen LogP contribution in [-0.4, -0.2) is 36.2 Å². The molecule has 0 bridgehead atoms. The predicted octanol–water partition coefficient (Wildman–Crippen LogP) is 2.20. The monoisotopic (exact) mass is 355 g/mol. The van der Waals surface area contributed by atoms with Crippen LogP contribution < -0.4 is 14.8 Å². The van der Waals surface area contributed by atoms with Crippen molar-refractivity contribution in [2.45, 2.75) is 25.3 Å². The molecular formula is C20H21NO5. The lowest BCUT2D eigenvalue weighted by Gasteiger charge is -2.15. The summed E-state index contributed by atoms with van der Waals surface area (Å²) >= 11 is 0. The van der Waals surface area contributed by atoms with Crippen molar-refractivity contribution >= 4 is 11.9 Å². The normalized spacial score (nSPS) is 14.2. The van der Waals surface area contributed by atoms with Crippen molar-refractivity contribution in [1.29, 1.82) is 0 Å². The number of carbonyl (C=O) groups excluding carboxylic acids is 1. The Morgan fingerprint density at radius 1 is 1.00 bits per heavy atom. The Balaban J connectivity index is 1.63. The number of fused-ring (bicyclic) bond motifs is 1. The van der Waals surface area contributed by atoms with E-state index in [-0.39, 0.29) is 18.7 Å². The molecule has 1 heterocycles. The van der Waals surface area contributed by atoms with Crippen molar-refractivity contribution in [1.82, 2.24) is 5.32 Å². The van der Waals surface area contributed by atoms with E-state index < -0.39 is 12.0 Å². The molecule has 3 rings (SSSR count). The quantitative estimate of drug-likeness (QED) is 0.830. The Morgan fingerprint density at radius 3 is 2.46 bits per heavy atom. The summed E-state index contributed by atoms with van der Waals surface area (Å²) in [6.45, 7) is 1.17. The van der Waals surface area contributed by atoms with Gasteiger partial charge in [-0.05, 0) is 23.3 Å². The van der Waals surface area contributed by atoms with Crippen LogP contribution in [0.15, 0.2) is 48.5 Å². The number of rotatable bonds is 6. The SMILES string of the molecule is O=C(Cc1ccc2c(c1)OCCCO2)N[C@@H](Cc1ccccc1)C(=O)O. The molecule has 26 heavy (non-hydrogen) atoms. The zero-order valence-corrected chi connectivity index (χ0v) is 14.3. The zero-order chi connectivity index (χ0) is 18.4. The molecule has 0 fully saturated rings. The van der Waals surface area contributed by atoms with Crippen LogP contribution in [-0.2, 0) is 22.4 Å². The summed E-state index contributed by atoms with van der Waals surface area (Å²) in [5, 5.41) is 12.0. The van der Waals surface area contributed by atoms with E-state index in [0.717, 1.165) is 17.5 Å². The zero-order valence-electron chi connectivity index (χ0n) is 14.3. The molecule has 1 atom stereocenters. The van der Waals surface area contributed by atoms with Gasteiger partial charge in [0.25, 0.3) is 0 Å². The first kappa shape index (κ1) is 17.8. The standard InChI is InChI=1S/C20H21NO5/c22-19(21-16(20(23)24)11-14-5-2-1-3-6-14)13-15-7-8-17-18(12-15)26-10-4-9-25-17/h1-3,5-8,12,16H,4,9-11,13H2,(H,21,22)(H,23,24)/t16-/m0/s1. The highest BCUT2D eigenvalue weighted by Gasteiger charge is 2.21. The van der Waals surface area contributed by atoms with Gasteiger partial charge in [0, 0.05) is 12.8 Å². The fraction of sp³-hybridized carbons (Fsp3) is 0.300. The number of carboxylic acids is 1. The van der Waals surface area contributed by atoms with E-state index >= 15 is 0 Å². The maximum absolute atomic E-state index is 12.3. The van der Waals surface area contributed by atoms with Crippen LogP contribution >= 0.6 is 0 Å². The fourth-order valence-electron chi connectivity index (χ4n) is 2.80. The Bertz CT molecular complexity index is 775. The Kier molecular flexibility index (Phi) is 5.73. The van der Waals surface area contributed by atoms with Gasteiger partial charge in [0.1, 0.15) is 6.04 Å². The van der Waals surface area contributed by atoms with Gasteiger partial charge in [-0.25, -0.2) is 4.79 Å². The van der Waals surface area contributed by atoms with Crippen LogP contribution in [0.25, 0.3) is 0 Å². The van der Waals surface area contributed by atoms with E-state index in [4.69, 9.17) is 9.47 Å². The lowest BCUT2D eigenvalue weighted by atomic mass is 10.1. The third-order valence-electron chi connectivity index (χ3n) is 4.09. The molecule has 1 aliphatic rings. The Labute approximate surface area is 151 Å². The van der Waals surface area contributed by atoms with Crippen molar-refractivity contribution < 1.29 is 24.2 Å². The second-order valence-electron chi connectivity index (χ2n) is 6.16. The predicted molar refractivity (Wildman–Crippen MR) is 95.5 cm³/mol. The van der Waals surface area contributed by atoms with Gasteiger partial charge in [0.05, 0.1) is 19.6 Å². The van der Waals surface area contributed by atoms with Crippen molar-refractivity contribution in [2.24, 2.45) is 0 Å². The highest BCUT2D eigenvalue weighted by Crippen LogP contribution is 2.30. The number of hydrogen-bond acceptors (Lipinski definition) is 4. The van der Waals surface area contributed by atoms with E-state index in [2.05, 4.69) is 5.32 Å². The van der Waals surface area contributed by atoms with E-state index in [1.165, 1.54) is 0 Å². The summed E-state index contributed by atoms with van der Waals surface area (Å²) in [7, 11) is 0. The molecule has 1 amide bonds. The summed E-state index contributed by atoms with van der Waals surface area (Å²) in [5.41, 5.74) is 1.60. The maximum Gasteiger partial charge on any atom is 0.326 e. The molecule has 0 spiro atoms. The lowest BCUT2D eigenvalue weighted by molar-refractivity contribution is -0.141. The number of ether oxygens (including phenoxy) is 2. The van der Waals surface area contributed by atoms with Crippen LogP contribution in [0, 0.1) is 0 Å². The van der Waals surface area contributed by atoms with Gasteiger partial charge < -0.3 is 19.9 Å². The van der Waals surface area contributed by atoms with Gasteiger partial charge in [0.2, 0.25) is 5.91 Å². The number of carbonyl (C=O) groups is 2. The molecule has 0 unspecified atom stereocenters. The molecule has 0 aromatic heterocycles. The summed E-state index contributed by atoms with van der Waals surface area (Å²) < 4.78 is 11.2. The number of nitrogens with one attached hydrogen (secondary N) is 1. The Hall–Kier alpha value is -3.02. The minimum Gasteiger partial charge on any atom is -0.490 e. The average Bonchev–Trinajstić information content (AvgIpc) is 2.87. The van der Waals surface area contributed by atoms with Gasteiger partial charge in [-0.3, -0.25) is 4.79 Å². The number of hydrogen-bond donors (Lipinski definition) is 2.